The lowest BCUT2D eigenvalue weighted by Gasteiger charge is -2.37. The highest BCUT2D eigenvalue weighted by atomic mass is 32.2. The third-order valence-corrected chi connectivity index (χ3v) is 6.35. The molecule has 5 atom stereocenters. The summed E-state index contributed by atoms with van der Waals surface area (Å²) in [6, 6.07) is 0. The summed E-state index contributed by atoms with van der Waals surface area (Å²) in [5.74, 6) is -2.34. The van der Waals surface area contributed by atoms with Gasteiger partial charge in [-0.25, -0.2) is 8.42 Å². The fourth-order valence-corrected chi connectivity index (χ4v) is 5.79. The molecule has 3 rings (SSSR count). The van der Waals surface area contributed by atoms with E-state index in [1.807, 2.05) is 0 Å². The smallest absolute Gasteiger partial charge is 0.312 e. The Morgan fingerprint density at radius 2 is 2.00 bits per heavy atom. The third-order valence-electron chi connectivity index (χ3n) is 4.63. The first-order valence-electron chi connectivity index (χ1n) is 6.12. The van der Waals surface area contributed by atoms with Crippen LogP contribution in [0.15, 0.2) is 0 Å². The Balaban J connectivity index is 1.99. The molecule has 0 aromatic carbocycles. The topological polar surface area (TPSA) is 101 Å². The molecule has 0 aromatic heterocycles. The van der Waals surface area contributed by atoms with E-state index in [0.717, 1.165) is 6.42 Å². The summed E-state index contributed by atoms with van der Waals surface area (Å²) in [7, 11) is -3.34. The van der Waals surface area contributed by atoms with Gasteiger partial charge in [0.1, 0.15) is 5.41 Å². The number of carboxylic acids is 1. The standard InChI is InChI=1S/C11H16O6S/c12-8-5-18(15,16)4-7(8)11(10(13)14)3-6-1-2-9(11)17-6/h6-9,12H,1-5H2,(H,13,14). The van der Waals surface area contributed by atoms with E-state index >= 15 is 0 Å². The Hall–Kier alpha value is -0.660. The molecule has 0 aromatic rings. The molecule has 3 saturated heterocycles. The minimum Gasteiger partial charge on any atom is -0.481 e. The first-order chi connectivity index (χ1) is 8.35. The maximum Gasteiger partial charge on any atom is 0.312 e. The van der Waals surface area contributed by atoms with Crippen LogP contribution < -0.4 is 0 Å². The Morgan fingerprint density at radius 3 is 2.39 bits per heavy atom. The van der Waals surface area contributed by atoms with Crippen molar-refractivity contribution in [3.05, 3.63) is 0 Å². The zero-order valence-corrected chi connectivity index (χ0v) is 10.6. The van der Waals surface area contributed by atoms with Crippen molar-refractivity contribution in [1.82, 2.24) is 0 Å². The predicted molar refractivity (Wildman–Crippen MR) is 60.7 cm³/mol. The number of aliphatic hydroxyl groups is 1. The van der Waals surface area contributed by atoms with E-state index in [1.165, 1.54) is 0 Å². The molecule has 3 aliphatic heterocycles. The van der Waals surface area contributed by atoms with Crippen LogP contribution in [0.2, 0.25) is 0 Å². The average Bonchev–Trinajstić information content (AvgIpc) is 2.90. The van der Waals surface area contributed by atoms with Crippen molar-refractivity contribution in [3.63, 3.8) is 0 Å². The van der Waals surface area contributed by atoms with Gasteiger partial charge < -0.3 is 14.9 Å². The molecule has 3 heterocycles. The van der Waals surface area contributed by atoms with Gasteiger partial charge in [0.05, 0.1) is 29.8 Å². The Bertz CT molecular complexity index is 486. The summed E-state index contributed by atoms with van der Waals surface area (Å²) in [6.45, 7) is 0. The van der Waals surface area contributed by atoms with Crippen molar-refractivity contribution in [2.24, 2.45) is 11.3 Å². The quantitative estimate of drug-likeness (QED) is 0.699. The van der Waals surface area contributed by atoms with Crippen LogP contribution in [-0.2, 0) is 19.4 Å². The molecule has 102 valence electrons. The summed E-state index contributed by atoms with van der Waals surface area (Å²) in [4.78, 5) is 11.7. The minimum absolute atomic E-state index is 0.0957. The second-order valence-corrected chi connectivity index (χ2v) is 7.78. The van der Waals surface area contributed by atoms with Gasteiger partial charge in [-0.2, -0.15) is 0 Å². The highest BCUT2D eigenvalue weighted by Crippen LogP contribution is 2.54. The first kappa shape index (κ1) is 12.4. The summed E-state index contributed by atoms with van der Waals surface area (Å²) in [5, 5.41) is 19.5. The van der Waals surface area contributed by atoms with Crippen LogP contribution in [0.25, 0.3) is 0 Å². The number of sulfone groups is 1. The lowest BCUT2D eigenvalue weighted by molar-refractivity contribution is -0.159. The number of hydrogen-bond acceptors (Lipinski definition) is 5. The van der Waals surface area contributed by atoms with E-state index in [0.29, 0.717) is 12.8 Å². The van der Waals surface area contributed by atoms with Crippen molar-refractivity contribution in [1.29, 1.82) is 0 Å². The van der Waals surface area contributed by atoms with Gasteiger partial charge >= 0.3 is 5.97 Å². The molecule has 0 amide bonds. The van der Waals surface area contributed by atoms with Crippen LogP contribution >= 0.6 is 0 Å². The minimum atomic E-state index is -3.34. The van der Waals surface area contributed by atoms with E-state index in [4.69, 9.17) is 4.74 Å². The summed E-state index contributed by atoms with van der Waals surface area (Å²) >= 11 is 0. The van der Waals surface area contributed by atoms with Crippen molar-refractivity contribution < 1.29 is 28.2 Å². The van der Waals surface area contributed by atoms with Crippen molar-refractivity contribution >= 4 is 15.8 Å². The van der Waals surface area contributed by atoms with E-state index in [9.17, 15) is 23.4 Å². The Morgan fingerprint density at radius 1 is 1.28 bits per heavy atom. The van der Waals surface area contributed by atoms with Gasteiger partial charge in [0.15, 0.2) is 9.84 Å². The third kappa shape index (κ3) is 1.53. The number of carbonyl (C=O) groups is 1. The number of ether oxygens (including phenoxy) is 1. The number of hydrogen-bond donors (Lipinski definition) is 2. The second-order valence-electron chi connectivity index (χ2n) is 5.62. The van der Waals surface area contributed by atoms with Gasteiger partial charge in [0.2, 0.25) is 0 Å². The average molecular weight is 276 g/mol. The monoisotopic (exact) mass is 276 g/mol. The van der Waals surface area contributed by atoms with Gasteiger partial charge in [-0.05, 0) is 19.3 Å². The van der Waals surface area contributed by atoms with Crippen LogP contribution in [0.1, 0.15) is 19.3 Å². The maximum atomic E-state index is 11.7. The summed E-state index contributed by atoms with van der Waals surface area (Å²) < 4.78 is 28.8. The molecule has 18 heavy (non-hydrogen) atoms. The second kappa shape index (κ2) is 3.68. The van der Waals surface area contributed by atoms with E-state index in [2.05, 4.69) is 0 Å². The zero-order valence-electron chi connectivity index (χ0n) is 9.78. The molecule has 6 nitrogen and oxygen atoms in total. The van der Waals surface area contributed by atoms with Gasteiger partial charge in [0.25, 0.3) is 0 Å². The maximum absolute atomic E-state index is 11.7. The van der Waals surface area contributed by atoms with Gasteiger partial charge in [-0.1, -0.05) is 0 Å². The highest BCUT2D eigenvalue weighted by Gasteiger charge is 2.64. The van der Waals surface area contributed by atoms with E-state index in [1.54, 1.807) is 0 Å². The highest BCUT2D eigenvalue weighted by molar-refractivity contribution is 7.91. The molecule has 3 fully saturated rings. The Labute approximate surface area is 105 Å². The molecule has 0 spiro atoms. The van der Waals surface area contributed by atoms with Crippen LogP contribution in [-0.4, -0.2) is 54.4 Å². The molecule has 5 unspecified atom stereocenters. The van der Waals surface area contributed by atoms with Gasteiger partial charge in [-0.15, -0.1) is 0 Å². The number of aliphatic carboxylic acids is 1. The van der Waals surface area contributed by atoms with Crippen LogP contribution in [0.3, 0.4) is 0 Å². The molecule has 2 bridgehead atoms. The largest absolute Gasteiger partial charge is 0.481 e. The van der Waals surface area contributed by atoms with Gasteiger partial charge in [-0.3, -0.25) is 4.79 Å². The normalized spacial score (nSPS) is 49.6. The lowest BCUT2D eigenvalue weighted by Crippen LogP contribution is -2.50. The predicted octanol–water partition coefficient (Wildman–Crippen LogP) is -0.586. The molecule has 2 N–H and O–H groups in total. The number of rotatable bonds is 2. The molecule has 0 saturated carbocycles. The number of fused-ring (bicyclic) bond motifs is 2. The molecule has 7 heteroatoms. The van der Waals surface area contributed by atoms with Gasteiger partial charge in [0, 0.05) is 5.92 Å². The molecule has 3 aliphatic rings. The van der Waals surface area contributed by atoms with Crippen molar-refractivity contribution in [2.45, 2.75) is 37.6 Å². The molecule has 0 radical (unpaired) electrons. The summed E-state index contributed by atoms with van der Waals surface area (Å²) in [6.07, 6.45) is 0.156. The fraction of sp³-hybridized carbons (Fsp3) is 0.909. The SMILES string of the molecule is O=C(O)C1(C2CS(=O)(=O)CC2O)CC2CCC1O2. The van der Waals surface area contributed by atoms with Crippen LogP contribution in [0.4, 0.5) is 0 Å². The van der Waals surface area contributed by atoms with Crippen LogP contribution in [0, 0.1) is 11.3 Å². The lowest BCUT2D eigenvalue weighted by atomic mass is 9.64. The number of carboxylic acid groups (broad SMARTS) is 1. The molecule has 0 aliphatic carbocycles. The first-order valence-corrected chi connectivity index (χ1v) is 7.94. The molecular weight excluding hydrogens is 260 g/mol. The summed E-state index contributed by atoms with van der Waals surface area (Å²) in [5.41, 5.74) is -1.22. The fourth-order valence-electron chi connectivity index (χ4n) is 3.84. The molecular formula is C11H16O6S. The van der Waals surface area contributed by atoms with Crippen LogP contribution in [0.5, 0.6) is 0 Å². The van der Waals surface area contributed by atoms with Crippen molar-refractivity contribution in [3.8, 4) is 0 Å². The van der Waals surface area contributed by atoms with Crippen molar-refractivity contribution in [2.75, 3.05) is 11.5 Å². The Kier molecular flexibility index (Phi) is 2.53. The number of aliphatic hydroxyl groups excluding tert-OH is 1. The van der Waals surface area contributed by atoms with E-state index in [-0.39, 0.29) is 17.6 Å². The van der Waals surface area contributed by atoms with E-state index < -0.39 is 39.3 Å². The zero-order chi connectivity index (χ0) is 13.1.